The summed E-state index contributed by atoms with van der Waals surface area (Å²) in [6.07, 6.45) is 2.73. The lowest BCUT2D eigenvalue weighted by atomic mass is 9.95. The number of rotatable bonds is 2. The van der Waals surface area contributed by atoms with Crippen molar-refractivity contribution in [3.05, 3.63) is 46.5 Å². The number of benzene rings is 1. The van der Waals surface area contributed by atoms with E-state index in [-0.39, 0.29) is 11.5 Å². The molecule has 7 nitrogen and oxygen atoms in total. The zero-order valence-electron chi connectivity index (χ0n) is 15.6. The van der Waals surface area contributed by atoms with Gasteiger partial charge in [-0.15, -0.1) is 0 Å². The molecule has 3 aromatic rings. The van der Waals surface area contributed by atoms with E-state index in [0.717, 1.165) is 10.9 Å². The number of aliphatic hydroxyl groups excluding tert-OH is 1. The van der Waals surface area contributed by atoms with E-state index in [0.29, 0.717) is 28.1 Å². The molecule has 27 heavy (non-hydrogen) atoms. The van der Waals surface area contributed by atoms with Crippen molar-refractivity contribution in [3.63, 3.8) is 0 Å². The number of ether oxygens (including phenoxy) is 1. The molecule has 0 radical (unpaired) electrons. The highest BCUT2D eigenvalue weighted by atomic mass is 16.5. The van der Waals surface area contributed by atoms with Crippen molar-refractivity contribution in [1.29, 1.82) is 0 Å². The van der Waals surface area contributed by atoms with Crippen LogP contribution in [0.4, 0.5) is 5.69 Å². The van der Waals surface area contributed by atoms with Gasteiger partial charge in [-0.1, -0.05) is 0 Å². The summed E-state index contributed by atoms with van der Waals surface area (Å²) in [7, 11) is 1.68. The Labute approximate surface area is 155 Å². The molecule has 3 N–H and O–H groups in total. The van der Waals surface area contributed by atoms with E-state index < -0.39 is 11.7 Å². The summed E-state index contributed by atoms with van der Waals surface area (Å²) in [5.41, 5.74) is 1.96. The number of nitrogens with zero attached hydrogens (tertiary/aromatic N) is 1. The lowest BCUT2D eigenvalue weighted by Gasteiger charge is -2.33. The third kappa shape index (κ3) is 2.62. The van der Waals surface area contributed by atoms with Gasteiger partial charge in [-0.25, -0.2) is 0 Å². The van der Waals surface area contributed by atoms with Gasteiger partial charge in [0.05, 0.1) is 11.8 Å². The highest BCUT2D eigenvalue weighted by molar-refractivity contribution is 6.04. The molecule has 0 aliphatic carbocycles. The quantitative estimate of drug-likeness (QED) is 0.649. The summed E-state index contributed by atoms with van der Waals surface area (Å²) in [5.74, 6) is 0.265. The Balaban J connectivity index is 2.07. The predicted octanol–water partition coefficient (Wildman–Crippen LogP) is 2.70. The molecule has 140 valence electrons. The van der Waals surface area contributed by atoms with Gasteiger partial charge in [0, 0.05) is 36.0 Å². The molecular formula is C20H21N3O4. The summed E-state index contributed by atoms with van der Waals surface area (Å²) in [6.45, 7) is 5.06. The van der Waals surface area contributed by atoms with Gasteiger partial charge in [-0.2, -0.15) is 0 Å². The van der Waals surface area contributed by atoms with E-state index in [1.807, 2.05) is 12.1 Å². The summed E-state index contributed by atoms with van der Waals surface area (Å²) < 4.78 is 7.56. The van der Waals surface area contributed by atoms with Crippen LogP contribution in [0.3, 0.4) is 0 Å². The fraction of sp³-hybridized carbons (Fsp3) is 0.300. The molecule has 1 atom stereocenters. The molecule has 2 aromatic heterocycles. The van der Waals surface area contributed by atoms with Crippen molar-refractivity contribution in [1.82, 2.24) is 9.55 Å². The van der Waals surface area contributed by atoms with E-state index in [2.05, 4.69) is 10.3 Å². The minimum atomic E-state index is -1.04. The second-order valence-electron chi connectivity index (χ2n) is 7.41. The van der Waals surface area contributed by atoms with Gasteiger partial charge in [-0.05, 0) is 44.5 Å². The Morgan fingerprint density at radius 3 is 2.67 bits per heavy atom. The van der Waals surface area contributed by atoms with Gasteiger partial charge >= 0.3 is 0 Å². The van der Waals surface area contributed by atoms with E-state index in [1.165, 1.54) is 4.57 Å². The van der Waals surface area contributed by atoms with E-state index >= 15 is 0 Å². The van der Waals surface area contributed by atoms with Gasteiger partial charge in [0.1, 0.15) is 5.52 Å². The van der Waals surface area contributed by atoms with Crippen LogP contribution >= 0.6 is 0 Å². The number of carbonyl (C=O) groups is 1. The Bertz CT molecular complexity index is 1140. The highest BCUT2D eigenvalue weighted by Crippen LogP contribution is 2.45. The third-order valence-corrected chi connectivity index (χ3v) is 4.93. The number of carbonyl (C=O) groups excluding carboxylic acids is 1. The number of hydrogen-bond donors (Lipinski definition) is 3. The van der Waals surface area contributed by atoms with Crippen molar-refractivity contribution >= 4 is 22.5 Å². The SMILES string of the molecule is CC(O)c1cc2c(c(-c3cn(C)c(=O)c4[nH]ccc34)c1)OC(C)(C)C(=O)N2. The molecular weight excluding hydrogens is 346 g/mol. The van der Waals surface area contributed by atoms with Crippen LogP contribution in [-0.2, 0) is 11.8 Å². The summed E-state index contributed by atoms with van der Waals surface area (Å²) >= 11 is 0. The van der Waals surface area contributed by atoms with Crippen molar-refractivity contribution in [2.75, 3.05) is 5.32 Å². The summed E-state index contributed by atoms with van der Waals surface area (Å²) in [5, 5.41) is 13.7. The maximum Gasteiger partial charge on any atom is 0.274 e. The molecule has 1 unspecified atom stereocenters. The largest absolute Gasteiger partial charge is 0.475 e. The van der Waals surface area contributed by atoms with Crippen LogP contribution in [0.5, 0.6) is 5.75 Å². The summed E-state index contributed by atoms with van der Waals surface area (Å²) in [4.78, 5) is 27.7. The van der Waals surface area contributed by atoms with E-state index in [4.69, 9.17) is 4.74 Å². The summed E-state index contributed by atoms with van der Waals surface area (Å²) in [6, 6.07) is 5.39. The first-order valence-electron chi connectivity index (χ1n) is 8.72. The van der Waals surface area contributed by atoms with E-state index in [9.17, 15) is 14.7 Å². The molecule has 0 saturated heterocycles. The normalized spacial score (nSPS) is 16.6. The molecule has 1 aliphatic heterocycles. The molecule has 1 aliphatic rings. The smallest absolute Gasteiger partial charge is 0.274 e. The number of aliphatic hydroxyl groups is 1. The maximum absolute atomic E-state index is 12.4. The molecule has 0 spiro atoms. The number of pyridine rings is 1. The fourth-order valence-electron chi connectivity index (χ4n) is 3.35. The first kappa shape index (κ1) is 17.4. The molecule has 0 fully saturated rings. The standard InChI is InChI=1S/C20H21N3O4/c1-10(24)11-7-13(17-15(8-11)22-19(26)20(2,3)27-17)14-9-23(4)18(25)16-12(14)5-6-21-16/h5-10,21,24H,1-4H3,(H,22,26). The average molecular weight is 367 g/mol. The minimum Gasteiger partial charge on any atom is -0.475 e. The lowest BCUT2D eigenvalue weighted by Crippen LogP contribution is -2.45. The zero-order chi connectivity index (χ0) is 19.5. The number of H-pyrrole nitrogens is 1. The van der Waals surface area contributed by atoms with Gasteiger partial charge < -0.3 is 24.7 Å². The van der Waals surface area contributed by atoms with Gasteiger partial charge in [0.15, 0.2) is 11.4 Å². The molecule has 0 bridgehead atoms. The zero-order valence-corrected chi connectivity index (χ0v) is 15.6. The first-order chi connectivity index (χ1) is 12.7. The van der Waals surface area contributed by atoms with Crippen LogP contribution in [-0.4, -0.2) is 26.2 Å². The van der Waals surface area contributed by atoms with Crippen LogP contribution in [0.25, 0.3) is 22.0 Å². The van der Waals surface area contributed by atoms with Crippen molar-refractivity contribution < 1.29 is 14.6 Å². The van der Waals surface area contributed by atoms with Crippen LogP contribution < -0.4 is 15.6 Å². The topological polar surface area (TPSA) is 96.3 Å². The molecule has 3 heterocycles. The Morgan fingerprint density at radius 1 is 1.22 bits per heavy atom. The van der Waals surface area contributed by atoms with E-state index in [1.54, 1.807) is 46.3 Å². The molecule has 7 heteroatoms. The van der Waals surface area contributed by atoms with Crippen molar-refractivity contribution in [3.8, 4) is 16.9 Å². The van der Waals surface area contributed by atoms with Gasteiger partial charge in [-0.3, -0.25) is 9.59 Å². The second-order valence-corrected chi connectivity index (χ2v) is 7.41. The number of anilines is 1. The Morgan fingerprint density at radius 2 is 1.96 bits per heavy atom. The average Bonchev–Trinajstić information content (AvgIpc) is 3.08. The number of amides is 1. The molecule has 4 rings (SSSR count). The monoisotopic (exact) mass is 367 g/mol. The van der Waals surface area contributed by atoms with Crippen molar-refractivity contribution in [2.24, 2.45) is 7.05 Å². The molecule has 1 amide bonds. The number of hydrogen-bond acceptors (Lipinski definition) is 4. The Hall–Kier alpha value is -3.06. The van der Waals surface area contributed by atoms with Crippen LogP contribution in [0.1, 0.15) is 32.4 Å². The van der Waals surface area contributed by atoms with Crippen molar-refractivity contribution in [2.45, 2.75) is 32.5 Å². The lowest BCUT2D eigenvalue weighted by molar-refractivity contribution is -0.129. The number of nitrogens with one attached hydrogen (secondary N) is 2. The maximum atomic E-state index is 12.4. The highest BCUT2D eigenvalue weighted by Gasteiger charge is 2.37. The number of aryl methyl sites for hydroxylation is 1. The number of aromatic amines is 1. The minimum absolute atomic E-state index is 0.131. The predicted molar refractivity (Wildman–Crippen MR) is 103 cm³/mol. The Kier molecular flexibility index (Phi) is 3.68. The van der Waals surface area contributed by atoms with Gasteiger partial charge in [0.25, 0.3) is 11.5 Å². The molecule has 1 aromatic carbocycles. The van der Waals surface area contributed by atoms with Crippen LogP contribution in [0.2, 0.25) is 0 Å². The number of fused-ring (bicyclic) bond motifs is 2. The number of aromatic nitrogens is 2. The van der Waals surface area contributed by atoms with Crippen LogP contribution in [0, 0.1) is 0 Å². The molecule has 0 saturated carbocycles. The van der Waals surface area contributed by atoms with Crippen LogP contribution in [0.15, 0.2) is 35.4 Å². The first-order valence-corrected chi connectivity index (χ1v) is 8.72. The second kappa shape index (κ2) is 5.72. The van der Waals surface area contributed by atoms with Gasteiger partial charge in [0.2, 0.25) is 0 Å². The third-order valence-electron chi connectivity index (χ3n) is 4.93. The fourth-order valence-corrected chi connectivity index (χ4v) is 3.35.